The molecule has 0 radical (unpaired) electrons. The Hall–Kier alpha value is 0.320. The summed E-state index contributed by atoms with van der Waals surface area (Å²) in [5.74, 6) is 2.57. The number of ether oxygens (including phenoxy) is 2. The first-order valence-electron chi connectivity index (χ1n) is 14.2. The molecule has 1 spiro atoms. The Bertz CT molecular complexity index is 790. The Morgan fingerprint density at radius 3 is 2.38 bits per heavy atom. The number of fused-ring (bicyclic) bond motifs is 2. The van der Waals surface area contributed by atoms with Crippen molar-refractivity contribution in [2.75, 3.05) is 0 Å². The number of hydrogen-bond donors (Lipinski definition) is 2. The zero-order chi connectivity index (χ0) is 24.8. The van der Waals surface area contributed by atoms with Crippen LogP contribution in [-0.2, 0) is 9.47 Å². The van der Waals surface area contributed by atoms with Gasteiger partial charge in [0, 0.05) is 22.1 Å². The van der Waals surface area contributed by atoms with Crippen LogP contribution >= 0.6 is 15.9 Å². The van der Waals surface area contributed by atoms with Gasteiger partial charge in [0.2, 0.25) is 0 Å². The monoisotopic (exact) mass is 540 g/mol. The van der Waals surface area contributed by atoms with Gasteiger partial charge in [-0.05, 0) is 87.4 Å². The highest BCUT2D eigenvalue weighted by atomic mass is 79.9. The van der Waals surface area contributed by atoms with Crippen molar-refractivity contribution in [3.63, 3.8) is 0 Å². The third-order valence-corrected chi connectivity index (χ3v) is 13.3. The number of aliphatic hydroxyl groups excluding tert-OH is 2. The normalized spacial score (nSPS) is 57.3. The second kappa shape index (κ2) is 8.41. The Labute approximate surface area is 216 Å². The average Bonchev–Trinajstić information content (AvgIpc) is 3.27. The molecule has 34 heavy (non-hydrogen) atoms. The maximum absolute atomic E-state index is 11.8. The molecule has 2 N–H and O–H groups in total. The van der Waals surface area contributed by atoms with Gasteiger partial charge in [-0.1, -0.05) is 57.5 Å². The first-order valence-corrected chi connectivity index (χ1v) is 15.1. The summed E-state index contributed by atoms with van der Waals surface area (Å²) in [6.45, 7) is 16.4. The van der Waals surface area contributed by atoms with Gasteiger partial charge in [0.15, 0.2) is 6.29 Å². The summed E-state index contributed by atoms with van der Waals surface area (Å²) in [4.78, 5) is 0.171. The average molecular weight is 542 g/mol. The van der Waals surface area contributed by atoms with E-state index in [0.717, 1.165) is 51.4 Å². The summed E-state index contributed by atoms with van der Waals surface area (Å²) in [5.41, 5.74) is -0.686. The van der Waals surface area contributed by atoms with Crippen LogP contribution in [0.4, 0.5) is 0 Å². The zero-order valence-electron chi connectivity index (χ0n) is 22.5. The van der Waals surface area contributed by atoms with E-state index in [-0.39, 0.29) is 45.7 Å². The molecule has 5 fully saturated rings. The van der Waals surface area contributed by atoms with Crippen LogP contribution in [0.25, 0.3) is 0 Å². The number of aliphatic hydroxyl groups is 2. The van der Waals surface area contributed by atoms with E-state index in [1.807, 2.05) is 0 Å². The maximum Gasteiger partial charge on any atom is 0.165 e. The van der Waals surface area contributed by atoms with E-state index < -0.39 is 5.60 Å². The lowest BCUT2D eigenvalue weighted by Gasteiger charge is -2.62. The van der Waals surface area contributed by atoms with Crippen molar-refractivity contribution in [1.29, 1.82) is 0 Å². The molecule has 0 aromatic heterocycles. The lowest BCUT2D eigenvalue weighted by molar-refractivity contribution is -0.250. The molecule has 13 atom stereocenters. The first kappa shape index (κ1) is 25.9. The minimum atomic E-state index is -0.414. The van der Waals surface area contributed by atoms with Gasteiger partial charge >= 0.3 is 0 Å². The Kier molecular flexibility index (Phi) is 6.42. The standard InChI is InChI=1S/C29H49BrO4/c1-8-21-26(5)11-10-19(31)13-18(26)14-23(30)29(21)24-20(32)15-22-27(6,12-9-17(4)16(2)3)33-25(34-29)28(22,24)7/h16-25,31-32H,8-15H2,1-7H3. The van der Waals surface area contributed by atoms with Crippen LogP contribution in [0, 0.1) is 46.3 Å². The fourth-order valence-electron chi connectivity index (χ4n) is 9.95. The first-order chi connectivity index (χ1) is 15.8. The smallest absolute Gasteiger partial charge is 0.165 e. The van der Waals surface area contributed by atoms with Gasteiger partial charge in [-0.15, -0.1) is 0 Å². The van der Waals surface area contributed by atoms with Crippen molar-refractivity contribution < 1.29 is 19.7 Å². The van der Waals surface area contributed by atoms with E-state index in [1.54, 1.807) is 0 Å². The van der Waals surface area contributed by atoms with Crippen molar-refractivity contribution >= 4 is 15.9 Å². The van der Waals surface area contributed by atoms with Crippen molar-refractivity contribution in [3.8, 4) is 0 Å². The van der Waals surface area contributed by atoms with Gasteiger partial charge in [0.1, 0.15) is 0 Å². The fraction of sp³-hybridized carbons (Fsp3) is 1.00. The van der Waals surface area contributed by atoms with Crippen molar-refractivity contribution in [1.82, 2.24) is 0 Å². The second-order valence-corrected chi connectivity index (χ2v) is 15.1. The van der Waals surface area contributed by atoms with Crippen LogP contribution < -0.4 is 0 Å². The summed E-state index contributed by atoms with van der Waals surface area (Å²) in [7, 11) is 0. The van der Waals surface area contributed by atoms with Crippen LogP contribution in [-0.4, -0.2) is 44.7 Å². The predicted molar refractivity (Wildman–Crippen MR) is 139 cm³/mol. The van der Waals surface area contributed by atoms with Gasteiger partial charge < -0.3 is 19.7 Å². The topological polar surface area (TPSA) is 58.9 Å². The summed E-state index contributed by atoms with van der Waals surface area (Å²) < 4.78 is 14.2. The second-order valence-electron chi connectivity index (χ2n) is 14.0. The van der Waals surface area contributed by atoms with Crippen molar-refractivity contribution in [2.45, 2.75) is 134 Å². The van der Waals surface area contributed by atoms with Gasteiger partial charge in [0.05, 0.1) is 23.4 Å². The third kappa shape index (κ3) is 3.28. The van der Waals surface area contributed by atoms with E-state index >= 15 is 0 Å². The van der Waals surface area contributed by atoms with E-state index in [1.165, 1.54) is 0 Å². The molecule has 5 aliphatic rings. The molecular formula is C29H49BrO4. The highest BCUT2D eigenvalue weighted by molar-refractivity contribution is 9.09. The molecule has 13 unspecified atom stereocenters. The van der Waals surface area contributed by atoms with Crippen LogP contribution in [0.1, 0.15) is 99.8 Å². The molecule has 0 bridgehead atoms. The largest absolute Gasteiger partial charge is 0.393 e. The summed E-state index contributed by atoms with van der Waals surface area (Å²) >= 11 is 4.14. The maximum atomic E-state index is 11.8. The minimum Gasteiger partial charge on any atom is -0.393 e. The van der Waals surface area contributed by atoms with E-state index in [2.05, 4.69) is 64.4 Å². The summed E-state index contributed by atoms with van der Waals surface area (Å²) in [6.07, 6.45) is 7.09. The Balaban J connectivity index is 1.50. The molecule has 3 saturated carbocycles. The highest BCUT2D eigenvalue weighted by Crippen LogP contribution is 2.75. The van der Waals surface area contributed by atoms with Gasteiger partial charge in [-0.25, -0.2) is 0 Å². The quantitative estimate of drug-likeness (QED) is 0.401. The molecule has 4 nitrogen and oxygen atoms in total. The molecular weight excluding hydrogens is 492 g/mol. The zero-order valence-corrected chi connectivity index (χ0v) is 24.1. The third-order valence-electron chi connectivity index (χ3n) is 12.2. The molecule has 196 valence electrons. The van der Waals surface area contributed by atoms with E-state index in [0.29, 0.717) is 29.6 Å². The van der Waals surface area contributed by atoms with Crippen molar-refractivity contribution in [2.24, 2.45) is 46.3 Å². The lowest BCUT2D eigenvalue weighted by atomic mass is 9.47. The number of halogens is 1. The van der Waals surface area contributed by atoms with Crippen LogP contribution in [0.2, 0.25) is 0 Å². The molecule has 3 aliphatic carbocycles. The SMILES string of the molecule is CCC1C2(C)CCC(O)CC2CC(Br)C12OC1OC(C)(CCC(C)C(C)C)C3CC(O)C2C13C. The molecule has 2 saturated heterocycles. The van der Waals surface area contributed by atoms with E-state index in [4.69, 9.17) is 9.47 Å². The molecule has 2 aliphatic heterocycles. The van der Waals surface area contributed by atoms with Gasteiger partial charge in [0.25, 0.3) is 0 Å². The van der Waals surface area contributed by atoms with Gasteiger partial charge in [-0.2, -0.15) is 0 Å². The predicted octanol–water partition coefficient (Wildman–Crippen LogP) is 6.31. The van der Waals surface area contributed by atoms with Crippen molar-refractivity contribution in [3.05, 3.63) is 0 Å². The summed E-state index contributed by atoms with van der Waals surface area (Å²) in [5, 5.41) is 22.2. The minimum absolute atomic E-state index is 0.0818. The number of rotatable bonds is 5. The molecule has 0 aromatic carbocycles. The Morgan fingerprint density at radius 1 is 1.03 bits per heavy atom. The molecule has 5 heteroatoms. The van der Waals surface area contributed by atoms with Crippen LogP contribution in [0.5, 0.6) is 0 Å². The molecule has 2 heterocycles. The van der Waals surface area contributed by atoms with Crippen LogP contribution in [0.3, 0.4) is 0 Å². The molecule has 5 rings (SSSR count). The molecule has 0 aromatic rings. The van der Waals surface area contributed by atoms with Crippen LogP contribution in [0.15, 0.2) is 0 Å². The number of hydrogen-bond acceptors (Lipinski definition) is 4. The van der Waals surface area contributed by atoms with Gasteiger partial charge in [-0.3, -0.25) is 0 Å². The lowest BCUT2D eigenvalue weighted by Crippen LogP contribution is -2.65. The Morgan fingerprint density at radius 2 is 1.74 bits per heavy atom. The fourth-order valence-corrected chi connectivity index (χ4v) is 11.1. The summed E-state index contributed by atoms with van der Waals surface area (Å²) in [6, 6.07) is 0. The number of alkyl halides is 1. The van der Waals surface area contributed by atoms with E-state index in [9.17, 15) is 10.2 Å². The molecule has 0 amide bonds. The highest BCUT2D eigenvalue weighted by Gasteiger charge is 2.81.